The van der Waals surface area contributed by atoms with Gasteiger partial charge in [-0.15, -0.1) is 0 Å². The summed E-state index contributed by atoms with van der Waals surface area (Å²) in [6.45, 7) is 1.52. The first-order chi connectivity index (χ1) is 7.54. The zero-order chi connectivity index (χ0) is 12.1. The number of nitrogens with zero attached hydrogens (tertiary/aromatic N) is 1. The molecular formula is C10H10FNO4. The Hall–Kier alpha value is -1.98. The van der Waals surface area contributed by atoms with E-state index in [-0.39, 0.29) is 18.1 Å². The molecule has 1 aromatic rings. The van der Waals surface area contributed by atoms with Gasteiger partial charge in [-0.1, -0.05) is 6.92 Å². The van der Waals surface area contributed by atoms with Gasteiger partial charge in [-0.25, -0.2) is 0 Å². The Kier molecular flexibility index (Phi) is 3.93. The molecule has 0 aromatic heterocycles. The molecule has 6 heteroatoms. The molecule has 0 aliphatic heterocycles. The van der Waals surface area contributed by atoms with E-state index in [1.54, 1.807) is 6.92 Å². The topological polar surface area (TPSA) is 69.4 Å². The number of nitro groups is 1. The van der Waals surface area contributed by atoms with Crippen molar-refractivity contribution in [1.82, 2.24) is 0 Å². The smallest absolute Gasteiger partial charge is 0.305 e. The largest absolute Gasteiger partial charge is 0.486 e. The van der Waals surface area contributed by atoms with Gasteiger partial charge in [-0.2, -0.15) is 4.39 Å². The summed E-state index contributed by atoms with van der Waals surface area (Å²) in [5.41, 5.74) is -0.617. The van der Waals surface area contributed by atoms with E-state index in [9.17, 15) is 19.3 Å². The lowest BCUT2D eigenvalue weighted by atomic mass is 10.3. The number of carbonyl (C=O) groups is 1. The second kappa shape index (κ2) is 5.20. The highest BCUT2D eigenvalue weighted by atomic mass is 19.1. The van der Waals surface area contributed by atoms with Crippen LogP contribution in [0, 0.1) is 15.9 Å². The SMILES string of the molecule is CCC(=O)COc1ccc([N+](=O)[O-])c(F)c1. The van der Waals surface area contributed by atoms with E-state index in [0.717, 1.165) is 12.1 Å². The maximum Gasteiger partial charge on any atom is 0.305 e. The van der Waals surface area contributed by atoms with Gasteiger partial charge in [0.25, 0.3) is 0 Å². The lowest BCUT2D eigenvalue weighted by molar-refractivity contribution is -0.387. The molecule has 0 amide bonds. The summed E-state index contributed by atoms with van der Waals surface area (Å²) in [7, 11) is 0. The second-order valence-electron chi connectivity index (χ2n) is 3.05. The van der Waals surface area contributed by atoms with Crippen LogP contribution in [0.4, 0.5) is 10.1 Å². The Bertz CT molecular complexity index is 419. The normalized spacial score (nSPS) is 9.88. The first-order valence-corrected chi connectivity index (χ1v) is 4.63. The summed E-state index contributed by atoms with van der Waals surface area (Å²) in [6, 6.07) is 3.15. The van der Waals surface area contributed by atoms with Crippen LogP contribution in [0.3, 0.4) is 0 Å². The highest BCUT2D eigenvalue weighted by Crippen LogP contribution is 2.22. The second-order valence-corrected chi connectivity index (χ2v) is 3.05. The molecule has 1 aromatic carbocycles. The van der Waals surface area contributed by atoms with Gasteiger partial charge in [0.15, 0.2) is 5.78 Å². The van der Waals surface area contributed by atoms with E-state index in [1.165, 1.54) is 6.07 Å². The van der Waals surface area contributed by atoms with Crippen LogP contribution in [-0.2, 0) is 4.79 Å². The summed E-state index contributed by atoms with van der Waals surface area (Å²) in [6.07, 6.45) is 0.329. The summed E-state index contributed by atoms with van der Waals surface area (Å²) < 4.78 is 18.1. The van der Waals surface area contributed by atoms with Gasteiger partial charge in [0.2, 0.25) is 5.82 Å². The highest BCUT2D eigenvalue weighted by Gasteiger charge is 2.14. The minimum Gasteiger partial charge on any atom is -0.486 e. The molecule has 1 rings (SSSR count). The van der Waals surface area contributed by atoms with Gasteiger partial charge in [0.1, 0.15) is 12.4 Å². The molecule has 5 nitrogen and oxygen atoms in total. The maximum atomic E-state index is 13.1. The average Bonchev–Trinajstić information content (AvgIpc) is 2.25. The number of hydrogen-bond acceptors (Lipinski definition) is 4. The number of rotatable bonds is 5. The molecule has 0 saturated carbocycles. The van der Waals surface area contributed by atoms with Crippen LogP contribution in [0.15, 0.2) is 18.2 Å². The Morgan fingerprint density at radius 3 is 2.75 bits per heavy atom. The van der Waals surface area contributed by atoms with Crippen LogP contribution in [0.1, 0.15) is 13.3 Å². The van der Waals surface area contributed by atoms with Crippen molar-refractivity contribution in [2.24, 2.45) is 0 Å². The predicted molar refractivity (Wildman–Crippen MR) is 53.8 cm³/mol. The minimum absolute atomic E-state index is 0.102. The molecule has 0 radical (unpaired) electrons. The molecule has 0 N–H and O–H groups in total. The lowest BCUT2D eigenvalue weighted by Crippen LogP contribution is -2.09. The van der Waals surface area contributed by atoms with Gasteiger partial charge in [-0.05, 0) is 6.07 Å². The fourth-order valence-corrected chi connectivity index (χ4v) is 0.991. The predicted octanol–water partition coefficient (Wildman–Crippen LogP) is 2.09. The van der Waals surface area contributed by atoms with Gasteiger partial charge in [-0.3, -0.25) is 14.9 Å². The summed E-state index contributed by atoms with van der Waals surface area (Å²) >= 11 is 0. The molecule has 0 aliphatic carbocycles. The van der Waals surface area contributed by atoms with Gasteiger partial charge < -0.3 is 4.74 Å². The van der Waals surface area contributed by atoms with Crippen molar-refractivity contribution in [2.75, 3.05) is 6.61 Å². The minimum atomic E-state index is -0.980. The van der Waals surface area contributed by atoms with Crippen LogP contribution in [0.25, 0.3) is 0 Å². The number of Topliss-reactive ketones (excluding diaryl/α,β-unsaturated/α-hetero) is 1. The van der Waals surface area contributed by atoms with Crippen molar-refractivity contribution in [3.63, 3.8) is 0 Å². The third kappa shape index (κ3) is 3.01. The van der Waals surface area contributed by atoms with Crippen molar-refractivity contribution in [2.45, 2.75) is 13.3 Å². The Morgan fingerprint density at radius 1 is 1.56 bits per heavy atom. The fourth-order valence-electron chi connectivity index (χ4n) is 0.991. The van der Waals surface area contributed by atoms with Crippen molar-refractivity contribution in [3.8, 4) is 5.75 Å². The number of nitro benzene ring substituents is 1. The van der Waals surface area contributed by atoms with Crippen LogP contribution in [0.5, 0.6) is 5.75 Å². The number of ketones is 1. The fraction of sp³-hybridized carbons (Fsp3) is 0.300. The van der Waals surface area contributed by atoms with E-state index in [0.29, 0.717) is 6.42 Å². The number of carbonyl (C=O) groups excluding carboxylic acids is 1. The van der Waals surface area contributed by atoms with E-state index in [4.69, 9.17) is 4.74 Å². The van der Waals surface area contributed by atoms with Gasteiger partial charge in [0, 0.05) is 18.6 Å². The molecule has 0 spiro atoms. The van der Waals surface area contributed by atoms with Crippen molar-refractivity contribution in [1.29, 1.82) is 0 Å². The third-order valence-electron chi connectivity index (χ3n) is 1.91. The van der Waals surface area contributed by atoms with Crippen LogP contribution >= 0.6 is 0 Å². The molecule has 0 bridgehead atoms. The van der Waals surface area contributed by atoms with Gasteiger partial charge >= 0.3 is 5.69 Å². The molecule has 0 aliphatic rings. The van der Waals surface area contributed by atoms with E-state index < -0.39 is 16.4 Å². The molecule has 16 heavy (non-hydrogen) atoms. The van der Waals surface area contributed by atoms with Crippen LogP contribution in [-0.4, -0.2) is 17.3 Å². The lowest BCUT2D eigenvalue weighted by Gasteiger charge is -2.04. The summed E-state index contributed by atoms with van der Waals surface area (Å²) in [5, 5.41) is 10.3. The summed E-state index contributed by atoms with van der Waals surface area (Å²) in [4.78, 5) is 20.4. The number of benzene rings is 1. The molecule has 0 fully saturated rings. The Morgan fingerprint density at radius 2 is 2.25 bits per heavy atom. The molecule has 0 heterocycles. The molecule has 0 saturated heterocycles. The molecule has 0 unspecified atom stereocenters. The van der Waals surface area contributed by atoms with Gasteiger partial charge in [0.05, 0.1) is 4.92 Å². The van der Waals surface area contributed by atoms with E-state index in [1.807, 2.05) is 0 Å². The van der Waals surface area contributed by atoms with Crippen LogP contribution < -0.4 is 4.74 Å². The standard InChI is InChI=1S/C10H10FNO4/c1-2-7(13)6-16-8-3-4-10(12(14)15)9(11)5-8/h3-5H,2,6H2,1H3. The maximum absolute atomic E-state index is 13.1. The quantitative estimate of drug-likeness (QED) is 0.570. The van der Waals surface area contributed by atoms with E-state index >= 15 is 0 Å². The van der Waals surface area contributed by atoms with Crippen molar-refractivity contribution < 1.29 is 18.8 Å². The molecular weight excluding hydrogens is 217 g/mol. The third-order valence-corrected chi connectivity index (χ3v) is 1.91. The Labute approximate surface area is 91.0 Å². The first-order valence-electron chi connectivity index (χ1n) is 4.63. The first kappa shape index (κ1) is 12.1. The molecule has 86 valence electrons. The highest BCUT2D eigenvalue weighted by molar-refractivity contribution is 5.79. The van der Waals surface area contributed by atoms with Crippen molar-refractivity contribution in [3.05, 3.63) is 34.1 Å². The molecule has 0 atom stereocenters. The zero-order valence-corrected chi connectivity index (χ0v) is 8.60. The number of ether oxygens (including phenoxy) is 1. The number of halogens is 1. The zero-order valence-electron chi connectivity index (χ0n) is 8.60. The summed E-state index contributed by atoms with van der Waals surface area (Å²) in [5.74, 6) is -1.00. The average molecular weight is 227 g/mol. The van der Waals surface area contributed by atoms with Crippen molar-refractivity contribution >= 4 is 11.5 Å². The Balaban J connectivity index is 2.74. The van der Waals surface area contributed by atoms with E-state index in [2.05, 4.69) is 0 Å². The number of hydrogen-bond donors (Lipinski definition) is 0. The monoisotopic (exact) mass is 227 g/mol. The van der Waals surface area contributed by atoms with Crippen LogP contribution in [0.2, 0.25) is 0 Å².